The standard InChI is InChI=1S/C30H63N/c1-24(2)15-19-28(20-16-25(3)4)11-9-13-30(23-31)14-10-12-29(21-17-26(5)6)22-18-27(7)8/h24-30H,9-23,31H2,1-8H3. The van der Waals surface area contributed by atoms with E-state index in [0.717, 1.165) is 48.0 Å². The number of hydrogen-bond acceptors (Lipinski definition) is 1. The monoisotopic (exact) mass is 437 g/mol. The van der Waals surface area contributed by atoms with Gasteiger partial charge in [0.25, 0.3) is 0 Å². The van der Waals surface area contributed by atoms with Gasteiger partial charge >= 0.3 is 0 Å². The van der Waals surface area contributed by atoms with E-state index in [4.69, 9.17) is 5.73 Å². The Morgan fingerprint density at radius 1 is 0.355 bits per heavy atom. The van der Waals surface area contributed by atoms with Crippen molar-refractivity contribution < 1.29 is 0 Å². The quantitative estimate of drug-likeness (QED) is 0.190. The fraction of sp³-hybridized carbons (Fsp3) is 1.00. The van der Waals surface area contributed by atoms with Crippen LogP contribution in [0.5, 0.6) is 0 Å². The van der Waals surface area contributed by atoms with Gasteiger partial charge in [-0.05, 0) is 60.8 Å². The molecule has 0 aromatic carbocycles. The molecule has 0 aliphatic rings. The summed E-state index contributed by atoms with van der Waals surface area (Å²) in [5.74, 6) is 6.02. The summed E-state index contributed by atoms with van der Waals surface area (Å²) in [4.78, 5) is 0. The van der Waals surface area contributed by atoms with Gasteiger partial charge in [-0.2, -0.15) is 0 Å². The molecule has 31 heavy (non-hydrogen) atoms. The van der Waals surface area contributed by atoms with E-state index in [1.54, 1.807) is 0 Å². The molecule has 0 unspecified atom stereocenters. The minimum absolute atomic E-state index is 0.756. The molecule has 0 aromatic rings. The second-order valence-electron chi connectivity index (χ2n) is 12.6. The minimum Gasteiger partial charge on any atom is -0.330 e. The highest BCUT2D eigenvalue weighted by Crippen LogP contribution is 2.28. The van der Waals surface area contributed by atoms with Crippen molar-refractivity contribution in [3.8, 4) is 0 Å². The van der Waals surface area contributed by atoms with Gasteiger partial charge in [0.2, 0.25) is 0 Å². The van der Waals surface area contributed by atoms with E-state index in [1.165, 1.54) is 89.9 Å². The van der Waals surface area contributed by atoms with Crippen molar-refractivity contribution in [3.05, 3.63) is 0 Å². The van der Waals surface area contributed by atoms with Crippen LogP contribution in [0.3, 0.4) is 0 Å². The number of nitrogens with two attached hydrogens (primary N) is 1. The van der Waals surface area contributed by atoms with E-state index < -0.39 is 0 Å². The van der Waals surface area contributed by atoms with E-state index in [1.807, 2.05) is 0 Å². The molecular formula is C30H63N. The van der Waals surface area contributed by atoms with Gasteiger partial charge in [0.1, 0.15) is 0 Å². The van der Waals surface area contributed by atoms with Gasteiger partial charge < -0.3 is 5.73 Å². The molecule has 0 saturated carbocycles. The van der Waals surface area contributed by atoms with Gasteiger partial charge in [0.15, 0.2) is 0 Å². The van der Waals surface area contributed by atoms with Crippen molar-refractivity contribution >= 4 is 0 Å². The lowest BCUT2D eigenvalue weighted by Gasteiger charge is -2.22. The summed E-state index contributed by atoms with van der Waals surface area (Å²) in [6.45, 7) is 19.9. The van der Waals surface area contributed by atoms with Gasteiger partial charge in [-0.1, -0.05) is 132 Å². The van der Waals surface area contributed by atoms with Crippen molar-refractivity contribution in [1.82, 2.24) is 0 Å². The summed E-state index contributed by atoms with van der Waals surface area (Å²) in [5, 5.41) is 0. The Morgan fingerprint density at radius 3 is 0.839 bits per heavy atom. The van der Waals surface area contributed by atoms with Crippen molar-refractivity contribution in [2.75, 3.05) is 6.54 Å². The van der Waals surface area contributed by atoms with Crippen molar-refractivity contribution in [2.24, 2.45) is 47.2 Å². The van der Waals surface area contributed by atoms with E-state index in [2.05, 4.69) is 55.4 Å². The highest BCUT2D eigenvalue weighted by atomic mass is 14.5. The Balaban J connectivity index is 4.33. The largest absolute Gasteiger partial charge is 0.330 e. The first-order chi connectivity index (χ1) is 14.6. The first-order valence-electron chi connectivity index (χ1n) is 14.3. The van der Waals surface area contributed by atoms with Crippen LogP contribution in [0.25, 0.3) is 0 Å². The Labute approximate surface area is 199 Å². The lowest BCUT2D eigenvalue weighted by molar-refractivity contribution is 0.310. The van der Waals surface area contributed by atoms with Crippen LogP contribution < -0.4 is 5.73 Å². The zero-order valence-corrected chi connectivity index (χ0v) is 23.2. The zero-order chi connectivity index (χ0) is 23.6. The van der Waals surface area contributed by atoms with Crippen LogP contribution in [0.15, 0.2) is 0 Å². The normalized spacial score (nSPS) is 12.8. The molecule has 0 heterocycles. The molecule has 2 N–H and O–H groups in total. The SMILES string of the molecule is CC(C)CCC(CCCC(CN)CCCC(CCC(C)C)CCC(C)C)CCC(C)C. The first-order valence-corrected chi connectivity index (χ1v) is 14.3. The van der Waals surface area contributed by atoms with Crippen molar-refractivity contribution in [3.63, 3.8) is 0 Å². The van der Waals surface area contributed by atoms with Crippen LogP contribution in [0.1, 0.15) is 145 Å². The van der Waals surface area contributed by atoms with Gasteiger partial charge in [0, 0.05) is 0 Å². The maximum Gasteiger partial charge on any atom is -0.00489 e. The number of rotatable bonds is 21. The molecule has 0 fully saturated rings. The van der Waals surface area contributed by atoms with Gasteiger partial charge in [0.05, 0.1) is 0 Å². The van der Waals surface area contributed by atoms with Crippen LogP contribution >= 0.6 is 0 Å². The molecule has 0 rings (SSSR count). The van der Waals surface area contributed by atoms with E-state index in [0.29, 0.717) is 0 Å². The summed E-state index contributed by atoms with van der Waals surface area (Å²) in [7, 11) is 0. The molecule has 0 bridgehead atoms. The Hall–Kier alpha value is -0.0400. The average molecular weight is 438 g/mol. The van der Waals surface area contributed by atoms with Gasteiger partial charge in [-0.25, -0.2) is 0 Å². The Bertz CT molecular complexity index is 313. The maximum atomic E-state index is 6.20. The summed E-state index contributed by atoms with van der Waals surface area (Å²) < 4.78 is 0. The fourth-order valence-electron chi connectivity index (χ4n) is 4.91. The zero-order valence-electron chi connectivity index (χ0n) is 23.2. The lowest BCUT2D eigenvalue weighted by atomic mass is 9.84. The third kappa shape index (κ3) is 20.3. The molecule has 0 radical (unpaired) electrons. The summed E-state index contributed by atoms with van der Waals surface area (Å²) in [6.07, 6.45) is 19.7. The average Bonchev–Trinajstić information content (AvgIpc) is 2.69. The highest BCUT2D eigenvalue weighted by Gasteiger charge is 2.15. The molecular weight excluding hydrogens is 374 g/mol. The van der Waals surface area contributed by atoms with Gasteiger partial charge in [-0.3, -0.25) is 0 Å². The molecule has 1 nitrogen and oxygen atoms in total. The number of hydrogen-bond donors (Lipinski definition) is 1. The van der Waals surface area contributed by atoms with Crippen LogP contribution in [-0.4, -0.2) is 6.54 Å². The molecule has 0 saturated heterocycles. The second-order valence-corrected chi connectivity index (χ2v) is 12.6. The molecule has 0 amide bonds. The van der Waals surface area contributed by atoms with Crippen molar-refractivity contribution in [1.29, 1.82) is 0 Å². The molecule has 1 heteroatoms. The predicted molar refractivity (Wildman–Crippen MR) is 144 cm³/mol. The van der Waals surface area contributed by atoms with E-state index in [9.17, 15) is 0 Å². The summed E-state index contributed by atoms with van der Waals surface area (Å²) >= 11 is 0. The smallest absolute Gasteiger partial charge is 0.00489 e. The van der Waals surface area contributed by atoms with E-state index >= 15 is 0 Å². The molecule has 0 atom stereocenters. The van der Waals surface area contributed by atoms with E-state index in [-0.39, 0.29) is 0 Å². The minimum atomic E-state index is 0.756. The highest BCUT2D eigenvalue weighted by molar-refractivity contribution is 4.68. The molecule has 0 spiro atoms. The third-order valence-electron chi connectivity index (χ3n) is 7.39. The van der Waals surface area contributed by atoms with Crippen LogP contribution in [-0.2, 0) is 0 Å². The summed E-state index contributed by atoms with van der Waals surface area (Å²) in [5.41, 5.74) is 6.20. The summed E-state index contributed by atoms with van der Waals surface area (Å²) in [6, 6.07) is 0. The Kier molecular flexibility index (Phi) is 19.4. The lowest BCUT2D eigenvalue weighted by Crippen LogP contribution is -2.16. The predicted octanol–water partition coefficient (Wildman–Crippen LogP) is 9.88. The van der Waals surface area contributed by atoms with Crippen LogP contribution in [0.4, 0.5) is 0 Å². The first kappa shape index (κ1) is 31.0. The van der Waals surface area contributed by atoms with Gasteiger partial charge in [-0.15, -0.1) is 0 Å². The van der Waals surface area contributed by atoms with Crippen LogP contribution in [0, 0.1) is 41.4 Å². The van der Waals surface area contributed by atoms with Crippen LogP contribution in [0.2, 0.25) is 0 Å². The topological polar surface area (TPSA) is 26.0 Å². The van der Waals surface area contributed by atoms with Crippen molar-refractivity contribution in [2.45, 2.75) is 145 Å². The fourth-order valence-corrected chi connectivity index (χ4v) is 4.91. The molecule has 0 aliphatic carbocycles. The maximum absolute atomic E-state index is 6.20. The molecule has 188 valence electrons. The Morgan fingerprint density at radius 2 is 0.613 bits per heavy atom. The third-order valence-corrected chi connectivity index (χ3v) is 7.39. The second kappa shape index (κ2) is 19.4. The molecule has 0 aromatic heterocycles. The molecule has 0 aliphatic heterocycles.